The highest BCUT2D eigenvalue weighted by Crippen LogP contribution is 2.07. The molecule has 1 amide bonds. The summed E-state index contributed by atoms with van der Waals surface area (Å²) in [7, 11) is 1.26. The van der Waals surface area contributed by atoms with Gasteiger partial charge in [0, 0.05) is 0 Å². The van der Waals surface area contributed by atoms with Gasteiger partial charge in [-0.15, -0.1) is 12.4 Å². The summed E-state index contributed by atoms with van der Waals surface area (Å²) in [5.74, 6) is -0.985. The molecule has 0 aliphatic rings. The van der Waals surface area contributed by atoms with Crippen LogP contribution in [-0.4, -0.2) is 29.5 Å². The number of hydrogen-bond donors (Lipinski definition) is 2. The zero-order valence-corrected chi connectivity index (χ0v) is 11.2. The summed E-state index contributed by atoms with van der Waals surface area (Å²) in [5.41, 5.74) is 5.01. The predicted octanol–water partition coefficient (Wildman–Crippen LogP) is 0.767. The normalized spacial score (nSPS) is 10.2. The van der Waals surface area contributed by atoms with Crippen molar-refractivity contribution in [3.05, 3.63) is 24.0 Å². The van der Waals surface area contributed by atoms with E-state index in [0.717, 1.165) is 0 Å². The van der Waals surface area contributed by atoms with Crippen LogP contribution < -0.4 is 11.1 Å². The van der Waals surface area contributed by atoms with Crippen LogP contribution in [0.15, 0.2) is 18.3 Å². The Labute approximate surface area is 111 Å². The molecule has 0 saturated carbocycles. The molecule has 0 aliphatic heterocycles. The van der Waals surface area contributed by atoms with Crippen molar-refractivity contribution in [3.63, 3.8) is 0 Å². The first-order valence-electron chi connectivity index (χ1n) is 4.99. The number of hydrogen-bond acceptors (Lipinski definition) is 5. The zero-order chi connectivity index (χ0) is 13.1. The highest BCUT2D eigenvalue weighted by atomic mass is 35.5. The van der Waals surface area contributed by atoms with E-state index < -0.39 is 17.4 Å². The van der Waals surface area contributed by atoms with E-state index in [4.69, 9.17) is 5.73 Å². The van der Waals surface area contributed by atoms with Gasteiger partial charge in [-0.25, -0.2) is 9.78 Å². The molecule has 0 aromatic carbocycles. The number of halogens is 1. The number of methoxy groups -OCH3 is 1. The minimum Gasteiger partial charge on any atom is -0.467 e. The third-order valence-electron chi connectivity index (χ3n) is 2.14. The van der Waals surface area contributed by atoms with Gasteiger partial charge in [-0.3, -0.25) is 4.79 Å². The maximum absolute atomic E-state index is 11.8. The fourth-order valence-corrected chi connectivity index (χ4v) is 1.19. The molecule has 0 fully saturated rings. The Morgan fingerprint density at radius 2 is 2.00 bits per heavy atom. The summed E-state index contributed by atoms with van der Waals surface area (Å²) in [6, 6.07) is 3.05. The number of pyridine rings is 1. The van der Waals surface area contributed by atoms with Gasteiger partial charge in [0.2, 0.25) is 0 Å². The third-order valence-corrected chi connectivity index (χ3v) is 2.14. The van der Waals surface area contributed by atoms with Crippen molar-refractivity contribution in [2.45, 2.75) is 19.4 Å². The highest BCUT2D eigenvalue weighted by Gasteiger charge is 2.31. The molecule has 0 spiro atoms. The lowest BCUT2D eigenvalue weighted by atomic mass is 10.1. The minimum atomic E-state index is -1.10. The van der Waals surface area contributed by atoms with Crippen LogP contribution in [0.25, 0.3) is 0 Å². The molecule has 1 aromatic heterocycles. The Hall–Kier alpha value is -1.82. The predicted molar refractivity (Wildman–Crippen MR) is 69.5 cm³/mol. The van der Waals surface area contributed by atoms with Gasteiger partial charge in [0.1, 0.15) is 11.2 Å². The second-order valence-electron chi connectivity index (χ2n) is 4.05. The average molecular weight is 274 g/mol. The number of carbonyl (C=O) groups is 2. The van der Waals surface area contributed by atoms with Crippen LogP contribution in [0.1, 0.15) is 24.3 Å². The number of rotatable bonds is 3. The molecule has 1 aromatic rings. The van der Waals surface area contributed by atoms with Crippen LogP contribution in [0.4, 0.5) is 5.69 Å². The first kappa shape index (κ1) is 16.2. The highest BCUT2D eigenvalue weighted by molar-refractivity contribution is 5.96. The summed E-state index contributed by atoms with van der Waals surface area (Å²) in [6.07, 6.45) is 1.38. The van der Waals surface area contributed by atoms with Crippen molar-refractivity contribution < 1.29 is 14.3 Å². The van der Waals surface area contributed by atoms with Crippen molar-refractivity contribution in [1.82, 2.24) is 10.3 Å². The minimum absolute atomic E-state index is 0. The molecular formula is C11H16ClN3O3. The lowest BCUT2D eigenvalue weighted by Crippen LogP contribution is -2.50. The smallest absolute Gasteiger partial charge is 0.330 e. The molecule has 0 aliphatic carbocycles. The maximum Gasteiger partial charge on any atom is 0.330 e. The molecule has 1 rings (SSSR count). The summed E-state index contributed by atoms with van der Waals surface area (Å²) < 4.78 is 4.58. The van der Waals surface area contributed by atoms with E-state index in [0.29, 0.717) is 5.69 Å². The van der Waals surface area contributed by atoms with Crippen LogP contribution in [0.2, 0.25) is 0 Å². The summed E-state index contributed by atoms with van der Waals surface area (Å²) in [6.45, 7) is 3.10. The number of anilines is 1. The van der Waals surface area contributed by atoms with Gasteiger partial charge < -0.3 is 15.8 Å². The molecule has 18 heavy (non-hydrogen) atoms. The van der Waals surface area contributed by atoms with Gasteiger partial charge in [0.05, 0.1) is 19.0 Å². The maximum atomic E-state index is 11.8. The fourth-order valence-electron chi connectivity index (χ4n) is 1.19. The molecule has 6 nitrogen and oxygen atoms in total. The largest absolute Gasteiger partial charge is 0.467 e. The zero-order valence-electron chi connectivity index (χ0n) is 10.4. The lowest BCUT2D eigenvalue weighted by molar-refractivity contribution is -0.146. The van der Waals surface area contributed by atoms with Crippen LogP contribution >= 0.6 is 12.4 Å². The van der Waals surface area contributed by atoms with Crippen LogP contribution in [-0.2, 0) is 9.53 Å². The summed E-state index contributed by atoms with van der Waals surface area (Å²) in [5, 5.41) is 2.53. The third kappa shape index (κ3) is 3.89. The molecule has 1 heterocycles. The molecule has 0 saturated heterocycles. The van der Waals surface area contributed by atoms with Crippen molar-refractivity contribution in [2.75, 3.05) is 12.8 Å². The van der Waals surface area contributed by atoms with E-state index in [1.54, 1.807) is 19.9 Å². The van der Waals surface area contributed by atoms with E-state index in [2.05, 4.69) is 15.0 Å². The molecule has 0 radical (unpaired) electrons. The number of nitrogens with zero attached hydrogens (tertiary/aromatic N) is 1. The van der Waals surface area contributed by atoms with E-state index in [1.807, 2.05) is 0 Å². The number of nitrogens with two attached hydrogens (primary N) is 1. The summed E-state index contributed by atoms with van der Waals surface area (Å²) in [4.78, 5) is 27.0. The molecule has 0 atom stereocenters. The van der Waals surface area contributed by atoms with Crippen molar-refractivity contribution in [1.29, 1.82) is 0 Å². The number of nitrogen functional groups attached to an aromatic ring is 1. The van der Waals surface area contributed by atoms with E-state index >= 15 is 0 Å². The Morgan fingerprint density at radius 3 is 2.44 bits per heavy atom. The quantitative estimate of drug-likeness (QED) is 0.793. The average Bonchev–Trinajstić information content (AvgIpc) is 2.28. The van der Waals surface area contributed by atoms with Gasteiger partial charge >= 0.3 is 5.97 Å². The number of carbonyl (C=O) groups excluding carboxylic acids is 2. The first-order valence-corrected chi connectivity index (χ1v) is 4.99. The Kier molecular flexibility index (Phi) is 5.58. The molecule has 7 heteroatoms. The van der Waals surface area contributed by atoms with Crippen molar-refractivity contribution >= 4 is 30.0 Å². The molecular weight excluding hydrogens is 258 g/mol. The van der Waals surface area contributed by atoms with Gasteiger partial charge in [0.25, 0.3) is 5.91 Å². The van der Waals surface area contributed by atoms with E-state index in [9.17, 15) is 9.59 Å². The molecule has 0 unspecified atom stereocenters. The Bertz CT molecular complexity index is 432. The second-order valence-corrected chi connectivity index (χ2v) is 4.05. The Morgan fingerprint density at radius 1 is 1.39 bits per heavy atom. The van der Waals surface area contributed by atoms with E-state index in [1.165, 1.54) is 19.4 Å². The van der Waals surface area contributed by atoms with Crippen LogP contribution in [0.3, 0.4) is 0 Å². The molecule has 0 bridgehead atoms. The van der Waals surface area contributed by atoms with Gasteiger partial charge in [-0.05, 0) is 26.0 Å². The number of ether oxygens (including phenoxy) is 1. The topological polar surface area (TPSA) is 94.3 Å². The number of amides is 1. The first-order chi connectivity index (χ1) is 7.86. The van der Waals surface area contributed by atoms with Crippen LogP contribution in [0, 0.1) is 0 Å². The molecule has 100 valence electrons. The van der Waals surface area contributed by atoms with E-state index in [-0.39, 0.29) is 18.1 Å². The number of nitrogens with one attached hydrogen (secondary N) is 1. The fraction of sp³-hybridized carbons (Fsp3) is 0.364. The lowest BCUT2D eigenvalue weighted by Gasteiger charge is -2.22. The monoisotopic (exact) mass is 273 g/mol. The molecule has 3 N–H and O–H groups in total. The number of esters is 1. The van der Waals surface area contributed by atoms with Crippen molar-refractivity contribution in [3.8, 4) is 0 Å². The van der Waals surface area contributed by atoms with Gasteiger partial charge in [-0.2, -0.15) is 0 Å². The number of aromatic nitrogens is 1. The van der Waals surface area contributed by atoms with Crippen LogP contribution in [0.5, 0.6) is 0 Å². The van der Waals surface area contributed by atoms with Gasteiger partial charge in [0.15, 0.2) is 0 Å². The summed E-state index contributed by atoms with van der Waals surface area (Å²) >= 11 is 0. The Balaban J connectivity index is 0.00000289. The second kappa shape index (κ2) is 6.20. The standard InChI is InChI=1S/C11H15N3O3.ClH/c1-11(2,10(16)17-3)14-9(15)8-5-4-7(12)6-13-8;/h4-6H,12H2,1-3H3,(H,14,15);1H. The van der Waals surface area contributed by atoms with Crippen molar-refractivity contribution in [2.24, 2.45) is 0 Å². The SMILES string of the molecule is COC(=O)C(C)(C)NC(=O)c1ccc(N)cn1.Cl. The van der Waals surface area contributed by atoms with Gasteiger partial charge in [-0.1, -0.05) is 0 Å².